The number of carbonyl (C=O) groups is 1. The number of likely N-dealkylation sites (N-methyl/N-ethyl adjacent to an activating group) is 1. The number of hydrogen-bond donors (Lipinski definition) is 1. The van der Waals surface area contributed by atoms with Gasteiger partial charge < -0.3 is 10.2 Å². The van der Waals surface area contributed by atoms with Gasteiger partial charge in [-0.1, -0.05) is 65.9 Å². The Morgan fingerprint density at radius 1 is 1.11 bits per heavy atom. The van der Waals surface area contributed by atoms with E-state index < -0.39 is 0 Å². The summed E-state index contributed by atoms with van der Waals surface area (Å²) in [5, 5.41) is 11.3. The minimum Gasteiger partial charge on any atom is -0.344 e. The summed E-state index contributed by atoms with van der Waals surface area (Å²) in [7, 11) is 3.98. The van der Waals surface area contributed by atoms with Gasteiger partial charge in [-0.3, -0.25) is 4.79 Å². The third kappa shape index (κ3) is 5.89. The number of benzene rings is 2. The van der Waals surface area contributed by atoms with Crippen molar-refractivity contribution in [2.75, 3.05) is 20.6 Å². The van der Waals surface area contributed by atoms with Gasteiger partial charge >= 0.3 is 0 Å². The Morgan fingerprint density at radius 3 is 2.46 bits per heavy atom. The van der Waals surface area contributed by atoms with Crippen LogP contribution in [0.25, 0.3) is 6.08 Å². The molecule has 1 amide bonds. The van der Waals surface area contributed by atoms with Gasteiger partial charge in [0.15, 0.2) is 0 Å². The van der Waals surface area contributed by atoms with Gasteiger partial charge in [0.1, 0.15) is 5.69 Å². The first-order valence-electron chi connectivity index (χ1n) is 9.22. The van der Waals surface area contributed by atoms with Gasteiger partial charge in [0.25, 0.3) is 0 Å². The van der Waals surface area contributed by atoms with Crippen LogP contribution in [0, 0.1) is 0 Å². The average Bonchev–Trinajstić information content (AvgIpc) is 3.14. The zero-order valence-electron chi connectivity index (χ0n) is 16.2. The Kier molecular flexibility index (Phi) is 6.70. The van der Waals surface area contributed by atoms with Crippen LogP contribution in [0.2, 0.25) is 0 Å². The van der Waals surface area contributed by atoms with Gasteiger partial charge in [-0.2, -0.15) is 0 Å². The van der Waals surface area contributed by atoms with Crippen molar-refractivity contribution in [1.29, 1.82) is 0 Å². The standard InChI is InChI=1S/C22H25N5O/c1-26(2)17-21(19-11-7-4-8-12-19)23-22(28)14-13-20-16-27(25-24-20)15-18-9-5-3-6-10-18/h3-14,16,21H,15,17H2,1-2H3,(H,23,28)/b14-13+/t21-/m0/s1. The molecule has 3 rings (SSSR count). The molecule has 0 unspecified atom stereocenters. The molecule has 0 spiro atoms. The fourth-order valence-corrected chi connectivity index (χ4v) is 2.90. The van der Waals surface area contributed by atoms with E-state index in [2.05, 4.69) is 20.5 Å². The first-order chi connectivity index (χ1) is 13.6. The summed E-state index contributed by atoms with van der Waals surface area (Å²) in [6, 6.07) is 19.9. The van der Waals surface area contributed by atoms with Crippen LogP contribution in [0.1, 0.15) is 22.9 Å². The minimum absolute atomic E-state index is 0.0814. The molecule has 6 heteroatoms. The van der Waals surface area contributed by atoms with E-state index in [1.54, 1.807) is 10.8 Å². The second kappa shape index (κ2) is 9.62. The van der Waals surface area contributed by atoms with Crippen molar-refractivity contribution >= 4 is 12.0 Å². The summed E-state index contributed by atoms with van der Waals surface area (Å²) in [5.74, 6) is -0.159. The van der Waals surface area contributed by atoms with Gasteiger partial charge in [-0.05, 0) is 31.3 Å². The van der Waals surface area contributed by atoms with Crippen molar-refractivity contribution in [3.8, 4) is 0 Å². The van der Waals surface area contributed by atoms with E-state index in [0.717, 1.165) is 17.7 Å². The molecule has 0 saturated carbocycles. The van der Waals surface area contributed by atoms with Crippen LogP contribution >= 0.6 is 0 Å². The fourth-order valence-electron chi connectivity index (χ4n) is 2.90. The Balaban J connectivity index is 1.61. The maximum absolute atomic E-state index is 12.4. The summed E-state index contributed by atoms with van der Waals surface area (Å²) in [6.45, 7) is 1.36. The lowest BCUT2D eigenvalue weighted by Gasteiger charge is -2.22. The number of carbonyl (C=O) groups excluding carboxylic acids is 1. The average molecular weight is 375 g/mol. The lowest BCUT2D eigenvalue weighted by atomic mass is 10.1. The topological polar surface area (TPSA) is 63.1 Å². The molecule has 0 aliphatic carbocycles. The lowest BCUT2D eigenvalue weighted by molar-refractivity contribution is -0.117. The van der Waals surface area contributed by atoms with E-state index in [1.165, 1.54) is 6.08 Å². The Bertz CT molecular complexity index is 903. The van der Waals surface area contributed by atoms with Crippen molar-refractivity contribution in [2.45, 2.75) is 12.6 Å². The van der Waals surface area contributed by atoms with E-state index in [0.29, 0.717) is 12.2 Å². The molecule has 0 radical (unpaired) electrons. The summed E-state index contributed by atoms with van der Waals surface area (Å²) in [5.41, 5.74) is 2.87. The van der Waals surface area contributed by atoms with E-state index in [1.807, 2.05) is 81.0 Å². The molecule has 1 N–H and O–H groups in total. The molecule has 3 aromatic rings. The monoisotopic (exact) mass is 375 g/mol. The summed E-state index contributed by atoms with van der Waals surface area (Å²) in [6.07, 6.45) is 5.01. The van der Waals surface area contributed by atoms with Crippen LogP contribution in [-0.4, -0.2) is 46.4 Å². The van der Waals surface area contributed by atoms with Crippen LogP contribution in [0.4, 0.5) is 0 Å². The summed E-state index contributed by atoms with van der Waals surface area (Å²) >= 11 is 0. The highest BCUT2D eigenvalue weighted by molar-refractivity contribution is 5.91. The molecule has 6 nitrogen and oxygen atoms in total. The smallest absolute Gasteiger partial charge is 0.244 e. The maximum atomic E-state index is 12.4. The van der Waals surface area contributed by atoms with E-state index >= 15 is 0 Å². The normalized spacial score (nSPS) is 12.4. The van der Waals surface area contributed by atoms with Crippen molar-refractivity contribution in [3.05, 3.63) is 89.8 Å². The van der Waals surface area contributed by atoms with Crippen LogP contribution in [0.15, 0.2) is 72.9 Å². The van der Waals surface area contributed by atoms with Crippen molar-refractivity contribution < 1.29 is 4.79 Å². The van der Waals surface area contributed by atoms with Crippen molar-refractivity contribution in [3.63, 3.8) is 0 Å². The molecular formula is C22H25N5O. The first-order valence-corrected chi connectivity index (χ1v) is 9.22. The van der Waals surface area contributed by atoms with Gasteiger partial charge in [-0.25, -0.2) is 4.68 Å². The van der Waals surface area contributed by atoms with E-state index in [-0.39, 0.29) is 11.9 Å². The Hall–Kier alpha value is -3.25. The van der Waals surface area contributed by atoms with E-state index in [9.17, 15) is 4.79 Å². The molecule has 28 heavy (non-hydrogen) atoms. The Morgan fingerprint density at radius 2 is 1.79 bits per heavy atom. The highest BCUT2D eigenvalue weighted by Gasteiger charge is 2.14. The zero-order chi connectivity index (χ0) is 19.8. The van der Waals surface area contributed by atoms with Crippen LogP contribution in [0.5, 0.6) is 0 Å². The maximum Gasteiger partial charge on any atom is 0.244 e. The highest BCUT2D eigenvalue weighted by atomic mass is 16.1. The van der Waals surface area contributed by atoms with Gasteiger partial charge in [0, 0.05) is 12.6 Å². The largest absolute Gasteiger partial charge is 0.344 e. The molecule has 0 fully saturated rings. The molecule has 0 aliphatic rings. The van der Waals surface area contributed by atoms with Gasteiger partial charge in [0.2, 0.25) is 5.91 Å². The third-order valence-electron chi connectivity index (χ3n) is 4.22. The lowest BCUT2D eigenvalue weighted by Crippen LogP contribution is -2.34. The third-order valence-corrected chi connectivity index (χ3v) is 4.22. The molecule has 144 valence electrons. The molecule has 0 aliphatic heterocycles. The predicted octanol–water partition coefficient (Wildman–Crippen LogP) is 2.76. The number of amides is 1. The molecule has 2 aromatic carbocycles. The van der Waals surface area contributed by atoms with Crippen molar-refractivity contribution in [2.24, 2.45) is 0 Å². The summed E-state index contributed by atoms with van der Waals surface area (Å²) in [4.78, 5) is 14.5. The summed E-state index contributed by atoms with van der Waals surface area (Å²) < 4.78 is 1.76. The van der Waals surface area contributed by atoms with Gasteiger partial charge in [-0.15, -0.1) is 5.10 Å². The predicted molar refractivity (Wildman–Crippen MR) is 110 cm³/mol. The fraction of sp³-hybridized carbons (Fsp3) is 0.227. The number of aromatic nitrogens is 3. The number of rotatable bonds is 8. The van der Waals surface area contributed by atoms with Crippen molar-refractivity contribution in [1.82, 2.24) is 25.2 Å². The quantitative estimate of drug-likeness (QED) is 0.615. The second-order valence-corrected chi connectivity index (χ2v) is 6.89. The van der Waals surface area contributed by atoms with Gasteiger partial charge in [0.05, 0.1) is 18.8 Å². The molecule has 1 atom stereocenters. The van der Waals surface area contributed by atoms with Crippen LogP contribution in [-0.2, 0) is 11.3 Å². The van der Waals surface area contributed by atoms with Crippen LogP contribution in [0.3, 0.4) is 0 Å². The molecular weight excluding hydrogens is 350 g/mol. The molecule has 0 saturated heterocycles. The number of nitrogens with zero attached hydrogens (tertiary/aromatic N) is 4. The minimum atomic E-state index is -0.159. The molecule has 0 bridgehead atoms. The highest BCUT2D eigenvalue weighted by Crippen LogP contribution is 2.13. The Labute approximate surface area is 165 Å². The number of nitrogens with one attached hydrogen (secondary N) is 1. The SMILES string of the molecule is CN(C)C[C@H](NC(=O)/C=C/c1cn(Cc2ccccc2)nn1)c1ccccc1. The molecule has 1 aromatic heterocycles. The number of hydrogen-bond acceptors (Lipinski definition) is 4. The zero-order valence-corrected chi connectivity index (χ0v) is 16.2. The molecule has 1 heterocycles. The first kappa shape index (κ1) is 19.5. The second-order valence-electron chi connectivity index (χ2n) is 6.89. The van der Waals surface area contributed by atoms with Crippen LogP contribution < -0.4 is 5.32 Å². The van der Waals surface area contributed by atoms with E-state index in [4.69, 9.17) is 0 Å².